The fourth-order valence-electron chi connectivity index (χ4n) is 6.49. The van der Waals surface area contributed by atoms with Gasteiger partial charge in [-0.1, -0.05) is 60.7 Å². The van der Waals surface area contributed by atoms with Crippen LogP contribution >= 0.6 is 14.8 Å². The molecule has 4 aromatic carbocycles. The maximum absolute atomic E-state index is 15.8. The van der Waals surface area contributed by atoms with E-state index in [1.165, 1.54) is 24.3 Å². The van der Waals surface area contributed by atoms with Crippen molar-refractivity contribution < 1.29 is 17.6 Å². The smallest absolute Gasteiger partial charge is 0.167 e. The third kappa shape index (κ3) is 4.91. The van der Waals surface area contributed by atoms with Gasteiger partial charge in [-0.3, -0.25) is 0 Å². The molecule has 208 valence electrons. The third-order valence-electron chi connectivity index (χ3n) is 7.97. The molecule has 0 aliphatic carbocycles. The van der Waals surface area contributed by atoms with Crippen LogP contribution in [0.15, 0.2) is 97.1 Å². The second-order valence-electron chi connectivity index (χ2n) is 10.7. The Bertz CT molecular complexity index is 1380. The van der Waals surface area contributed by atoms with Crippen molar-refractivity contribution in [2.45, 2.75) is 44.0 Å². The van der Waals surface area contributed by atoms with E-state index in [-0.39, 0.29) is 28.0 Å². The molecule has 0 unspecified atom stereocenters. The van der Waals surface area contributed by atoms with Crippen molar-refractivity contribution in [3.8, 4) is 0 Å². The summed E-state index contributed by atoms with van der Waals surface area (Å²) in [5.41, 5.74) is 2.27. The predicted molar refractivity (Wildman–Crippen MR) is 161 cm³/mol. The lowest BCUT2D eigenvalue weighted by molar-refractivity contribution is 0.550. The van der Waals surface area contributed by atoms with Crippen molar-refractivity contribution in [3.05, 3.63) is 145 Å². The van der Waals surface area contributed by atoms with Crippen LogP contribution < -0.4 is 10.6 Å². The summed E-state index contributed by atoms with van der Waals surface area (Å²) < 4.78 is 62.2. The van der Waals surface area contributed by atoms with Gasteiger partial charge in [-0.15, -0.1) is 11.1 Å². The summed E-state index contributed by atoms with van der Waals surface area (Å²) >= 11 is 0. The molecule has 0 saturated carbocycles. The van der Waals surface area contributed by atoms with Gasteiger partial charge in [0, 0.05) is 19.5 Å². The molecular formula is C33H33F4NP2. The van der Waals surface area contributed by atoms with Crippen LogP contribution in [0.1, 0.15) is 49.1 Å². The van der Waals surface area contributed by atoms with Crippen LogP contribution in [0.4, 0.5) is 17.6 Å². The van der Waals surface area contributed by atoms with E-state index in [1.807, 2.05) is 50.2 Å². The number of nitrogens with zero attached hydrogens (tertiary/aromatic N) is 1. The first-order valence-electron chi connectivity index (χ1n) is 13.4. The molecule has 1 aliphatic rings. The Morgan fingerprint density at radius 3 is 1.45 bits per heavy atom. The van der Waals surface area contributed by atoms with Gasteiger partial charge in [-0.25, -0.2) is 17.6 Å². The summed E-state index contributed by atoms with van der Waals surface area (Å²) in [4.78, 5) is 0. The van der Waals surface area contributed by atoms with E-state index in [2.05, 4.69) is 35.4 Å². The third-order valence-corrected chi connectivity index (χ3v) is 17.9. The summed E-state index contributed by atoms with van der Waals surface area (Å²) in [6, 6.07) is 26.8. The van der Waals surface area contributed by atoms with Gasteiger partial charge in [0.1, 0.15) is 22.2 Å². The minimum absolute atomic E-state index is 0.00875. The Morgan fingerprint density at radius 1 is 0.700 bits per heavy atom. The highest BCUT2D eigenvalue weighted by Crippen LogP contribution is 2.92. The van der Waals surface area contributed by atoms with E-state index >= 15 is 8.78 Å². The topological polar surface area (TPSA) is 3.24 Å². The van der Waals surface area contributed by atoms with Crippen molar-refractivity contribution in [1.82, 2.24) is 4.44 Å². The van der Waals surface area contributed by atoms with Crippen LogP contribution in [-0.4, -0.2) is 10.5 Å². The molecule has 0 N–H and O–H groups in total. The monoisotopic (exact) mass is 581 g/mol. The van der Waals surface area contributed by atoms with Gasteiger partial charge in [-0.2, -0.15) is 6.66 Å². The average Bonchev–Trinajstić information content (AvgIpc) is 3.26. The van der Waals surface area contributed by atoms with Crippen LogP contribution in [0.3, 0.4) is 0 Å². The maximum atomic E-state index is 15.8. The number of hydrogen-bond acceptors (Lipinski definition) is 1. The van der Waals surface area contributed by atoms with Crippen LogP contribution in [0.25, 0.3) is 0 Å². The van der Waals surface area contributed by atoms with Crippen molar-refractivity contribution in [1.29, 1.82) is 0 Å². The number of halogens is 4. The van der Waals surface area contributed by atoms with E-state index < -0.39 is 38.1 Å². The average molecular weight is 582 g/mol. The SMILES string of the molecule is [CH2-][P+](c1ccc(F)cc1F)(c1ccc(F)cc1F)N(C(C)C)[P+]1([CH2-])[C@H](c2ccccc2)CC[C@H]1c1ccccc1. The van der Waals surface area contributed by atoms with Crippen molar-refractivity contribution in [2.75, 3.05) is 0 Å². The molecule has 0 spiro atoms. The van der Waals surface area contributed by atoms with Crippen LogP contribution in [0.5, 0.6) is 0 Å². The molecule has 1 heterocycles. The van der Waals surface area contributed by atoms with E-state index in [0.717, 1.165) is 36.1 Å². The standard InChI is InChI=1S/C33H33F4NP2/c1-23(2)38(40(4,32-17-15-26(34)21-28(32)36)33-18-16-27(35)22-29(33)37)39(3)30(24-11-7-5-8-12-24)19-20-31(39)25-13-9-6-10-14-25/h5-18,21-23,30-31H,3-4,19-20H2,1-2H3/t30-,31-/m0/s1. The molecule has 0 amide bonds. The summed E-state index contributed by atoms with van der Waals surface area (Å²) in [7, 11) is -6.02. The van der Waals surface area contributed by atoms with Crippen molar-refractivity contribution >= 4 is 25.4 Å². The van der Waals surface area contributed by atoms with E-state index in [0.29, 0.717) is 0 Å². The molecule has 1 saturated heterocycles. The lowest BCUT2D eigenvalue weighted by Gasteiger charge is -2.53. The number of rotatable bonds is 7. The molecule has 1 aliphatic heterocycles. The molecule has 0 radical (unpaired) electrons. The molecule has 0 aromatic heterocycles. The molecule has 40 heavy (non-hydrogen) atoms. The largest absolute Gasteiger partial charge is 0.207 e. The number of hydrogen-bond donors (Lipinski definition) is 0. The van der Waals surface area contributed by atoms with Gasteiger partial charge >= 0.3 is 0 Å². The van der Waals surface area contributed by atoms with Gasteiger partial charge in [0.2, 0.25) is 0 Å². The fraction of sp³-hybridized carbons (Fsp3) is 0.212. The highest BCUT2D eigenvalue weighted by molar-refractivity contribution is 7.97. The van der Waals surface area contributed by atoms with Crippen LogP contribution in [0, 0.1) is 36.6 Å². The maximum Gasteiger partial charge on any atom is 0.167 e. The molecule has 1 fully saturated rings. The van der Waals surface area contributed by atoms with Crippen LogP contribution in [-0.2, 0) is 0 Å². The van der Waals surface area contributed by atoms with Gasteiger partial charge in [-0.05, 0) is 62.1 Å². The normalized spacial score (nSPS) is 18.9. The fourth-order valence-corrected chi connectivity index (χ4v) is 17.5. The minimum Gasteiger partial charge on any atom is -0.207 e. The van der Waals surface area contributed by atoms with Crippen molar-refractivity contribution in [3.63, 3.8) is 0 Å². The van der Waals surface area contributed by atoms with E-state index in [9.17, 15) is 8.78 Å². The van der Waals surface area contributed by atoms with Gasteiger partial charge in [0.15, 0.2) is 11.6 Å². The molecule has 0 bridgehead atoms. The lowest BCUT2D eigenvalue weighted by Crippen LogP contribution is -2.42. The summed E-state index contributed by atoms with van der Waals surface area (Å²) in [5.74, 6) is -3.05. The summed E-state index contributed by atoms with van der Waals surface area (Å²) in [5, 5.41) is 0.253. The zero-order chi connectivity index (χ0) is 28.7. The van der Waals surface area contributed by atoms with E-state index in [1.54, 1.807) is 0 Å². The second kappa shape index (κ2) is 11.4. The van der Waals surface area contributed by atoms with Crippen LogP contribution in [0.2, 0.25) is 0 Å². The van der Waals surface area contributed by atoms with Crippen molar-refractivity contribution in [2.24, 2.45) is 0 Å². The Hall–Kier alpha value is -2.58. The summed E-state index contributed by atoms with van der Waals surface area (Å²) in [6.07, 6.45) is 1.70. The molecule has 2 atom stereocenters. The Morgan fingerprint density at radius 2 is 1.10 bits per heavy atom. The van der Waals surface area contributed by atoms with Gasteiger partial charge < -0.3 is 0 Å². The second-order valence-corrected chi connectivity index (χ2v) is 17.4. The van der Waals surface area contributed by atoms with Gasteiger partial charge in [0.25, 0.3) is 0 Å². The Kier molecular flexibility index (Phi) is 8.22. The first-order valence-corrected chi connectivity index (χ1v) is 17.3. The quantitative estimate of drug-likeness (QED) is 0.119. The Labute approximate surface area is 236 Å². The minimum atomic E-state index is -3.40. The summed E-state index contributed by atoms with van der Waals surface area (Å²) in [6.45, 7) is 13.7. The Balaban J connectivity index is 1.84. The highest BCUT2D eigenvalue weighted by Gasteiger charge is 2.62. The first-order chi connectivity index (χ1) is 19.1. The zero-order valence-corrected chi connectivity index (χ0v) is 24.4. The molecule has 7 heteroatoms. The molecule has 5 rings (SSSR count). The van der Waals surface area contributed by atoms with E-state index in [4.69, 9.17) is 6.66 Å². The first kappa shape index (κ1) is 28.9. The van der Waals surface area contributed by atoms with Gasteiger partial charge in [0.05, 0.1) is 24.8 Å². The lowest BCUT2D eigenvalue weighted by atomic mass is 10.0. The predicted octanol–water partition coefficient (Wildman–Crippen LogP) is 9.63. The number of benzene rings is 4. The molecule has 1 nitrogen and oxygen atoms in total. The zero-order valence-electron chi connectivity index (χ0n) is 22.7. The molecular weight excluding hydrogens is 548 g/mol. The highest BCUT2D eigenvalue weighted by atomic mass is 31.2. The molecule has 4 aromatic rings.